The molecule has 3 nitrogen and oxygen atoms in total. The number of nitriles is 1. The molecule has 0 aliphatic heterocycles. The maximum atomic E-state index is 11.4. The molecule has 0 saturated heterocycles. The Balaban J connectivity index is 2.12. The van der Waals surface area contributed by atoms with Crippen molar-refractivity contribution < 1.29 is 9.53 Å². The van der Waals surface area contributed by atoms with Crippen molar-refractivity contribution in [1.29, 1.82) is 5.26 Å². The van der Waals surface area contributed by atoms with Gasteiger partial charge in [-0.2, -0.15) is 5.26 Å². The Bertz CT molecular complexity index is 672. The van der Waals surface area contributed by atoms with E-state index in [1.54, 1.807) is 18.2 Å². The quantitative estimate of drug-likeness (QED) is 0.599. The Hall–Kier alpha value is -1.87. The molecule has 0 N–H and O–H groups in total. The molecule has 2 aromatic carbocycles. The fourth-order valence-electron chi connectivity index (χ4n) is 1.76. The number of ether oxygens (including phenoxy) is 1. The molecule has 100 valence electrons. The molecule has 0 saturated carbocycles. The van der Waals surface area contributed by atoms with Crippen LogP contribution in [0.2, 0.25) is 0 Å². The molecule has 0 aromatic heterocycles. The van der Waals surface area contributed by atoms with Gasteiger partial charge in [-0.15, -0.1) is 0 Å². The van der Waals surface area contributed by atoms with Gasteiger partial charge in [0.05, 0.1) is 5.56 Å². The minimum atomic E-state index is -0.120. The van der Waals surface area contributed by atoms with E-state index in [1.807, 2.05) is 30.3 Å². The van der Waals surface area contributed by atoms with Gasteiger partial charge in [0.2, 0.25) is 0 Å². The lowest BCUT2D eigenvalue weighted by atomic mass is 10.1. The van der Waals surface area contributed by atoms with Crippen LogP contribution in [0.3, 0.4) is 0 Å². The standard InChI is InChI=1S/C16H12INO2/c1-11(19)16-7-6-15(8-13(16)9-18)20-10-12-2-4-14(17)5-3-12/h2-8H,10H2,1H3. The van der Waals surface area contributed by atoms with Crippen molar-refractivity contribution >= 4 is 28.4 Å². The molecular formula is C16H12INO2. The Kier molecular flexibility index (Phi) is 4.74. The maximum Gasteiger partial charge on any atom is 0.161 e. The zero-order chi connectivity index (χ0) is 14.5. The van der Waals surface area contributed by atoms with E-state index < -0.39 is 0 Å². The van der Waals surface area contributed by atoms with Gasteiger partial charge < -0.3 is 4.74 Å². The molecule has 0 unspecified atom stereocenters. The van der Waals surface area contributed by atoms with Crippen molar-refractivity contribution in [2.75, 3.05) is 0 Å². The zero-order valence-electron chi connectivity index (χ0n) is 10.9. The molecule has 0 atom stereocenters. The molecule has 4 heteroatoms. The zero-order valence-corrected chi connectivity index (χ0v) is 13.0. The molecule has 0 aliphatic carbocycles. The van der Waals surface area contributed by atoms with Gasteiger partial charge in [-0.1, -0.05) is 12.1 Å². The van der Waals surface area contributed by atoms with Gasteiger partial charge >= 0.3 is 0 Å². The van der Waals surface area contributed by atoms with Crippen LogP contribution in [-0.4, -0.2) is 5.78 Å². The molecule has 0 bridgehead atoms. The third-order valence-electron chi connectivity index (χ3n) is 2.81. The second-order valence-corrected chi connectivity index (χ2v) is 5.54. The first kappa shape index (κ1) is 14.5. The van der Waals surface area contributed by atoms with Crippen LogP contribution in [0.15, 0.2) is 42.5 Å². The number of carbonyl (C=O) groups excluding carboxylic acids is 1. The maximum absolute atomic E-state index is 11.4. The van der Waals surface area contributed by atoms with E-state index in [0.717, 1.165) is 5.56 Å². The highest BCUT2D eigenvalue weighted by Gasteiger charge is 2.08. The van der Waals surface area contributed by atoms with Crippen LogP contribution in [0.25, 0.3) is 0 Å². The van der Waals surface area contributed by atoms with Crippen molar-refractivity contribution in [1.82, 2.24) is 0 Å². The van der Waals surface area contributed by atoms with Crippen molar-refractivity contribution in [2.45, 2.75) is 13.5 Å². The van der Waals surface area contributed by atoms with Gasteiger partial charge in [0, 0.05) is 9.13 Å². The lowest BCUT2D eigenvalue weighted by molar-refractivity contribution is 0.101. The molecule has 0 amide bonds. The van der Waals surface area contributed by atoms with Gasteiger partial charge in [0.25, 0.3) is 0 Å². The van der Waals surface area contributed by atoms with Crippen molar-refractivity contribution in [3.8, 4) is 11.8 Å². The van der Waals surface area contributed by atoms with E-state index >= 15 is 0 Å². The van der Waals surface area contributed by atoms with Crippen molar-refractivity contribution in [3.63, 3.8) is 0 Å². The second kappa shape index (κ2) is 6.53. The number of rotatable bonds is 4. The lowest BCUT2D eigenvalue weighted by Gasteiger charge is -2.08. The van der Waals surface area contributed by atoms with Gasteiger partial charge in [-0.3, -0.25) is 4.79 Å². The molecule has 0 aliphatic rings. The van der Waals surface area contributed by atoms with Crippen LogP contribution in [0.5, 0.6) is 5.75 Å². The summed E-state index contributed by atoms with van der Waals surface area (Å²) in [5.41, 5.74) is 1.83. The van der Waals surface area contributed by atoms with Gasteiger partial charge in [-0.05, 0) is 65.4 Å². The molecule has 2 aromatic rings. The average Bonchev–Trinajstić information content (AvgIpc) is 2.46. The topological polar surface area (TPSA) is 50.1 Å². The van der Waals surface area contributed by atoms with Gasteiger partial charge in [0.1, 0.15) is 18.4 Å². The fraction of sp³-hybridized carbons (Fsp3) is 0.125. The molecule has 0 fully saturated rings. The summed E-state index contributed by atoms with van der Waals surface area (Å²) in [7, 11) is 0. The SMILES string of the molecule is CC(=O)c1ccc(OCc2ccc(I)cc2)cc1C#N. The van der Waals surface area contributed by atoms with Crippen LogP contribution in [0.1, 0.15) is 28.4 Å². The average molecular weight is 377 g/mol. The van der Waals surface area contributed by atoms with Crippen LogP contribution in [0.4, 0.5) is 0 Å². The lowest BCUT2D eigenvalue weighted by Crippen LogP contribution is -1.99. The minimum Gasteiger partial charge on any atom is -0.489 e. The predicted octanol–water partition coefficient (Wildman–Crippen LogP) is 3.94. The van der Waals surface area contributed by atoms with Crippen LogP contribution >= 0.6 is 22.6 Å². The van der Waals surface area contributed by atoms with Gasteiger partial charge in [-0.25, -0.2) is 0 Å². The summed E-state index contributed by atoms with van der Waals surface area (Å²) in [6, 6.07) is 15.0. The third kappa shape index (κ3) is 3.58. The van der Waals surface area contributed by atoms with E-state index in [1.165, 1.54) is 10.5 Å². The number of halogens is 1. The van der Waals surface area contributed by atoms with Crippen LogP contribution in [-0.2, 0) is 6.61 Å². The summed E-state index contributed by atoms with van der Waals surface area (Å²) in [6.07, 6.45) is 0. The molecule has 20 heavy (non-hydrogen) atoms. The highest BCUT2D eigenvalue weighted by atomic mass is 127. The molecule has 2 rings (SSSR count). The summed E-state index contributed by atoms with van der Waals surface area (Å²) in [5.74, 6) is 0.468. The predicted molar refractivity (Wildman–Crippen MR) is 84.7 cm³/mol. The highest BCUT2D eigenvalue weighted by molar-refractivity contribution is 14.1. The van der Waals surface area contributed by atoms with Crippen molar-refractivity contribution in [3.05, 3.63) is 62.7 Å². The van der Waals surface area contributed by atoms with E-state index in [9.17, 15) is 4.79 Å². The molecular weight excluding hydrogens is 365 g/mol. The Morgan fingerprint density at radius 1 is 1.25 bits per heavy atom. The summed E-state index contributed by atoms with van der Waals surface area (Å²) >= 11 is 2.25. The summed E-state index contributed by atoms with van der Waals surface area (Å²) < 4.78 is 6.81. The smallest absolute Gasteiger partial charge is 0.161 e. The Morgan fingerprint density at radius 3 is 2.55 bits per heavy atom. The first-order chi connectivity index (χ1) is 9.60. The number of hydrogen-bond donors (Lipinski definition) is 0. The summed E-state index contributed by atoms with van der Waals surface area (Å²) in [6.45, 7) is 1.88. The van der Waals surface area contributed by atoms with Crippen molar-refractivity contribution in [2.24, 2.45) is 0 Å². The van der Waals surface area contributed by atoms with E-state index in [-0.39, 0.29) is 5.78 Å². The normalized spacial score (nSPS) is 9.85. The van der Waals surface area contributed by atoms with Gasteiger partial charge in [0.15, 0.2) is 5.78 Å². The van der Waals surface area contributed by atoms with Crippen LogP contribution < -0.4 is 4.74 Å². The largest absolute Gasteiger partial charge is 0.489 e. The molecule has 0 radical (unpaired) electrons. The molecule has 0 heterocycles. The van der Waals surface area contributed by atoms with E-state index in [4.69, 9.17) is 10.00 Å². The first-order valence-electron chi connectivity index (χ1n) is 6.02. The van der Waals surface area contributed by atoms with Crippen LogP contribution in [0, 0.1) is 14.9 Å². The highest BCUT2D eigenvalue weighted by Crippen LogP contribution is 2.19. The minimum absolute atomic E-state index is 0.120. The number of carbonyl (C=O) groups is 1. The molecule has 0 spiro atoms. The number of Topliss-reactive ketones (excluding diaryl/α,β-unsaturated/α-hetero) is 1. The number of ketones is 1. The third-order valence-corrected chi connectivity index (χ3v) is 3.53. The first-order valence-corrected chi connectivity index (χ1v) is 7.10. The second-order valence-electron chi connectivity index (χ2n) is 4.29. The van der Waals surface area contributed by atoms with E-state index in [0.29, 0.717) is 23.5 Å². The number of hydrogen-bond acceptors (Lipinski definition) is 3. The number of benzene rings is 2. The Morgan fingerprint density at radius 2 is 1.95 bits per heavy atom. The Labute approximate surface area is 131 Å². The summed E-state index contributed by atoms with van der Waals surface area (Å²) in [4.78, 5) is 11.4. The van der Waals surface area contributed by atoms with E-state index in [2.05, 4.69) is 22.6 Å². The summed E-state index contributed by atoms with van der Waals surface area (Å²) in [5, 5.41) is 9.05. The fourth-order valence-corrected chi connectivity index (χ4v) is 2.12. The monoisotopic (exact) mass is 377 g/mol. The number of nitrogens with zero attached hydrogens (tertiary/aromatic N) is 1.